The van der Waals surface area contributed by atoms with E-state index in [0.717, 1.165) is 31.2 Å². The maximum atomic E-state index is 12.9. The van der Waals surface area contributed by atoms with Gasteiger partial charge in [0.05, 0.1) is 23.4 Å². The summed E-state index contributed by atoms with van der Waals surface area (Å²) in [6.07, 6.45) is 4.22. The van der Waals surface area contributed by atoms with Crippen LogP contribution in [0.5, 0.6) is 5.75 Å². The number of methoxy groups -OCH3 is 1. The van der Waals surface area contributed by atoms with Crippen LogP contribution in [0.3, 0.4) is 0 Å². The van der Waals surface area contributed by atoms with Crippen molar-refractivity contribution in [1.82, 2.24) is 0 Å². The quantitative estimate of drug-likeness (QED) is 0.764. The standard InChI is InChI=1S/C21H28N2O2S/c1-5-21(2,3)13-10-11-14-17(12-13)26-19(22)18(14)20(24)23-15-8-6-7-9-16(15)25-4/h6-9,13H,5,10-12,22H2,1-4H3,(H,23,24)/t13-/m1/s1. The Morgan fingerprint density at radius 1 is 1.38 bits per heavy atom. The number of hydrogen-bond donors (Lipinski definition) is 2. The second kappa shape index (κ2) is 7.31. The summed E-state index contributed by atoms with van der Waals surface area (Å²) >= 11 is 1.58. The molecule has 0 saturated carbocycles. The van der Waals surface area contributed by atoms with Crippen LogP contribution < -0.4 is 15.8 Å². The second-order valence-electron chi connectivity index (χ2n) is 7.68. The number of benzene rings is 1. The van der Waals surface area contributed by atoms with Crippen molar-refractivity contribution in [2.45, 2.75) is 46.5 Å². The van der Waals surface area contributed by atoms with Crippen molar-refractivity contribution >= 4 is 27.9 Å². The summed E-state index contributed by atoms with van der Waals surface area (Å²) in [6.45, 7) is 6.94. The van der Waals surface area contributed by atoms with E-state index in [0.29, 0.717) is 33.3 Å². The van der Waals surface area contributed by atoms with E-state index in [1.807, 2.05) is 24.3 Å². The number of ether oxygens (including phenoxy) is 1. The number of nitrogens with two attached hydrogens (primary N) is 1. The monoisotopic (exact) mass is 372 g/mol. The summed E-state index contributed by atoms with van der Waals surface area (Å²) in [5, 5.41) is 3.59. The fourth-order valence-corrected chi connectivity index (χ4v) is 4.94. The Morgan fingerprint density at radius 3 is 2.81 bits per heavy atom. The summed E-state index contributed by atoms with van der Waals surface area (Å²) in [7, 11) is 1.60. The first-order valence-electron chi connectivity index (χ1n) is 9.21. The number of nitrogens with one attached hydrogen (secondary N) is 1. The number of rotatable bonds is 5. The highest BCUT2D eigenvalue weighted by Crippen LogP contribution is 2.44. The minimum atomic E-state index is -0.141. The first-order chi connectivity index (χ1) is 12.4. The van der Waals surface area contributed by atoms with E-state index in [1.54, 1.807) is 18.4 Å². The molecule has 26 heavy (non-hydrogen) atoms. The van der Waals surface area contributed by atoms with Gasteiger partial charge in [0.2, 0.25) is 0 Å². The van der Waals surface area contributed by atoms with Crippen molar-refractivity contribution in [2.75, 3.05) is 18.2 Å². The number of amides is 1. The molecule has 1 atom stereocenters. The van der Waals surface area contributed by atoms with Gasteiger partial charge in [0.15, 0.2) is 0 Å². The average molecular weight is 373 g/mol. The molecular weight excluding hydrogens is 344 g/mol. The van der Waals surface area contributed by atoms with E-state index in [4.69, 9.17) is 10.5 Å². The molecule has 0 saturated heterocycles. The van der Waals surface area contributed by atoms with Crippen molar-refractivity contribution in [3.63, 3.8) is 0 Å². The van der Waals surface area contributed by atoms with Crippen LogP contribution in [-0.2, 0) is 12.8 Å². The molecule has 2 aromatic rings. The highest BCUT2D eigenvalue weighted by Gasteiger charge is 2.34. The maximum absolute atomic E-state index is 12.9. The van der Waals surface area contributed by atoms with Crippen molar-refractivity contribution in [1.29, 1.82) is 0 Å². The van der Waals surface area contributed by atoms with Crippen LogP contribution in [-0.4, -0.2) is 13.0 Å². The number of para-hydroxylation sites is 2. The van der Waals surface area contributed by atoms with Crippen molar-refractivity contribution in [3.8, 4) is 5.75 Å². The Morgan fingerprint density at radius 2 is 2.12 bits per heavy atom. The van der Waals surface area contributed by atoms with Gasteiger partial charge in [-0.15, -0.1) is 11.3 Å². The lowest BCUT2D eigenvalue weighted by molar-refractivity contribution is 0.102. The second-order valence-corrected chi connectivity index (χ2v) is 8.82. The van der Waals surface area contributed by atoms with Gasteiger partial charge in [0.25, 0.3) is 5.91 Å². The Hall–Kier alpha value is -2.01. The number of hydrogen-bond acceptors (Lipinski definition) is 4. The van der Waals surface area contributed by atoms with Crippen molar-refractivity contribution in [3.05, 3.63) is 40.3 Å². The maximum Gasteiger partial charge on any atom is 0.259 e. The molecule has 0 unspecified atom stereocenters. The summed E-state index contributed by atoms with van der Waals surface area (Å²) < 4.78 is 5.33. The molecule has 4 nitrogen and oxygen atoms in total. The number of nitrogen functional groups attached to an aromatic ring is 1. The van der Waals surface area contributed by atoms with Crippen LogP contribution >= 0.6 is 11.3 Å². The zero-order chi connectivity index (χ0) is 18.9. The lowest BCUT2D eigenvalue weighted by Crippen LogP contribution is -2.29. The Bertz CT molecular complexity index is 810. The van der Waals surface area contributed by atoms with Gasteiger partial charge in [0, 0.05) is 4.88 Å². The number of fused-ring (bicyclic) bond motifs is 1. The van der Waals surface area contributed by atoms with Crippen LogP contribution in [0, 0.1) is 11.3 Å². The molecule has 140 valence electrons. The van der Waals surface area contributed by atoms with Crippen LogP contribution in [0.2, 0.25) is 0 Å². The molecular formula is C21H28N2O2S. The number of carbonyl (C=O) groups is 1. The van der Waals surface area contributed by atoms with Crippen LogP contribution in [0.25, 0.3) is 0 Å². The Labute approximate surface area is 159 Å². The predicted octanol–water partition coefficient (Wildman–Crippen LogP) is 5.13. The molecule has 1 amide bonds. The molecule has 1 heterocycles. The zero-order valence-electron chi connectivity index (χ0n) is 16.0. The first kappa shape index (κ1) is 18.8. The van der Waals surface area contributed by atoms with E-state index < -0.39 is 0 Å². The smallest absolute Gasteiger partial charge is 0.259 e. The third-order valence-corrected chi connectivity index (χ3v) is 6.97. The van der Waals surface area contributed by atoms with E-state index >= 15 is 0 Å². The summed E-state index contributed by atoms with van der Waals surface area (Å²) in [4.78, 5) is 14.2. The summed E-state index contributed by atoms with van der Waals surface area (Å²) in [5.74, 6) is 1.15. The molecule has 1 aromatic carbocycles. The largest absolute Gasteiger partial charge is 0.495 e. The SMILES string of the molecule is CCC(C)(C)[C@@H]1CCc2c(sc(N)c2C(=O)Nc2ccccc2OC)C1. The molecule has 1 aromatic heterocycles. The van der Waals surface area contributed by atoms with Crippen LogP contribution in [0.4, 0.5) is 10.7 Å². The minimum absolute atomic E-state index is 0.141. The predicted molar refractivity (Wildman–Crippen MR) is 109 cm³/mol. The number of carbonyl (C=O) groups excluding carboxylic acids is 1. The van der Waals surface area contributed by atoms with Gasteiger partial charge < -0.3 is 15.8 Å². The number of anilines is 2. The van der Waals surface area contributed by atoms with Gasteiger partial charge in [-0.1, -0.05) is 39.3 Å². The molecule has 1 aliphatic carbocycles. The van der Waals surface area contributed by atoms with Gasteiger partial charge in [-0.2, -0.15) is 0 Å². The minimum Gasteiger partial charge on any atom is -0.495 e. The van der Waals surface area contributed by atoms with Crippen LogP contribution in [0.15, 0.2) is 24.3 Å². The van der Waals surface area contributed by atoms with Gasteiger partial charge in [-0.05, 0) is 48.3 Å². The lowest BCUT2D eigenvalue weighted by Gasteiger charge is -2.36. The highest BCUT2D eigenvalue weighted by atomic mass is 32.1. The molecule has 5 heteroatoms. The summed E-state index contributed by atoms with van der Waals surface area (Å²) in [6, 6.07) is 7.43. The first-order valence-corrected chi connectivity index (χ1v) is 10.0. The van der Waals surface area contributed by atoms with Gasteiger partial charge in [0.1, 0.15) is 5.75 Å². The molecule has 0 aliphatic heterocycles. The zero-order valence-corrected chi connectivity index (χ0v) is 16.8. The van der Waals surface area contributed by atoms with E-state index in [1.165, 1.54) is 4.88 Å². The molecule has 3 N–H and O–H groups in total. The van der Waals surface area contributed by atoms with Gasteiger partial charge in [-0.25, -0.2) is 0 Å². The third-order valence-electron chi connectivity index (χ3n) is 5.89. The van der Waals surface area contributed by atoms with Crippen LogP contribution in [0.1, 0.15) is 54.4 Å². The average Bonchev–Trinajstić information content (AvgIpc) is 2.97. The molecule has 0 fully saturated rings. The van der Waals surface area contributed by atoms with Gasteiger partial charge in [-0.3, -0.25) is 4.79 Å². The molecule has 0 radical (unpaired) electrons. The Kier molecular flexibility index (Phi) is 5.28. The highest BCUT2D eigenvalue weighted by molar-refractivity contribution is 7.16. The molecule has 0 bridgehead atoms. The van der Waals surface area contributed by atoms with Crippen molar-refractivity contribution in [2.24, 2.45) is 11.3 Å². The lowest BCUT2D eigenvalue weighted by atomic mass is 9.69. The molecule has 1 aliphatic rings. The summed E-state index contributed by atoms with van der Waals surface area (Å²) in [5.41, 5.74) is 9.04. The van der Waals surface area contributed by atoms with E-state index in [9.17, 15) is 4.79 Å². The Balaban J connectivity index is 1.86. The van der Waals surface area contributed by atoms with E-state index in [2.05, 4.69) is 26.1 Å². The third kappa shape index (κ3) is 3.45. The molecule has 3 rings (SSSR count). The fraction of sp³-hybridized carbons (Fsp3) is 0.476. The van der Waals surface area contributed by atoms with Crippen molar-refractivity contribution < 1.29 is 9.53 Å². The normalized spacial score (nSPS) is 16.8. The molecule has 0 spiro atoms. The fourth-order valence-electron chi connectivity index (χ4n) is 3.74. The van der Waals surface area contributed by atoms with Gasteiger partial charge >= 0.3 is 0 Å². The number of thiophene rings is 1. The van der Waals surface area contributed by atoms with E-state index in [-0.39, 0.29) is 5.91 Å². The topological polar surface area (TPSA) is 64.4 Å².